The van der Waals surface area contributed by atoms with E-state index in [9.17, 15) is 4.79 Å². The lowest BCUT2D eigenvalue weighted by molar-refractivity contribution is -0.121. The van der Waals surface area contributed by atoms with Gasteiger partial charge in [-0.3, -0.25) is 4.79 Å². The second-order valence-corrected chi connectivity index (χ2v) is 4.63. The van der Waals surface area contributed by atoms with Gasteiger partial charge in [0, 0.05) is 18.2 Å². The summed E-state index contributed by atoms with van der Waals surface area (Å²) >= 11 is 1.73. The molecule has 1 amide bonds. The van der Waals surface area contributed by atoms with Gasteiger partial charge in [-0.25, -0.2) is 0 Å². The van der Waals surface area contributed by atoms with Gasteiger partial charge >= 0.3 is 0 Å². The molecule has 0 radical (unpaired) electrons. The normalized spacial score (nSPS) is 18.5. The quantitative estimate of drug-likeness (QED) is 0.755. The molecule has 1 fully saturated rings. The summed E-state index contributed by atoms with van der Waals surface area (Å²) in [5.74, 6) is 1.18. The van der Waals surface area contributed by atoms with E-state index in [0.29, 0.717) is 12.5 Å². The van der Waals surface area contributed by atoms with Crippen LogP contribution in [0.4, 0.5) is 0 Å². The summed E-state index contributed by atoms with van der Waals surface area (Å²) in [5.41, 5.74) is 0. The van der Waals surface area contributed by atoms with Gasteiger partial charge < -0.3 is 5.32 Å². The molecule has 1 aliphatic carbocycles. The molecule has 1 aliphatic rings. The van der Waals surface area contributed by atoms with Crippen LogP contribution in [-0.2, 0) is 4.79 Å². The molecule has 0 atom stereocenters. The van der Waals surface area contributed by atoms with Crippen molar-refractivity contribution in [1.29, 1.82) is 0 Å². The molecule has 0 saturated heterocycles. The third-order valence-electron chi connectivity index (χ3n) is 2.50. The predicted octanol–water partition coefficient (Wildman–Crippen LogP) is 2.19. The summed E-state index contributed by atoms with van der Waals surface area (Å²) in [5, 5.41) is 3.10. The summed E-state index contributed by atoms with van der Waals surface area (Å²) < 4.78 is 0. The first-order chi connectivity index (χ1) is 6.33. The summed E-state index contributed by atoms with van der Waals surface area (Å²) in [7, 11) is 0. The number of carbonyl (C=O) groups excluding carboxylic acids is 1. The highest BCUT2D eigenvalue weighted by Gasteiger charge is 2.14. The minimum absolute atomic E-state index is 0.237. The smallest absolute Gasteiger partial charge is 0.221 e. The van der Waals surface area contributed by atoms with Gasteiger partial charge in [-0.2, -0.15) is 11.8 Å². The van der Waals surface area contributed by atoms with Crippen LogP contribution in [0.2, 0.25) is 0 Å². The molecule has 0 unspecified atom stereocenters. The van der Waals surface area contributed by atoms with Gasteiger partial charge in [-0.1, -0.05) is 19.3 Å². The molecule has 2 nitrogen and oxygen atoms in total. The average Bonchev–Trinajstić information content (AvgIpc) is 2.16. The van der Waals surface area contributed by atoms with E-state index >= 15 is 0 Å². The number of nitrogens with one attached hydrogen (secondary N) is 1. The van der Waals surface area contributed by atoms with Crippen molar-refractivity contribution in [2.75, 3.05) is 12.0 Å². The van der Waals surface area contributed by atoms with Gasteiger partial charge in [0.15, 0.2) is 0 Å². The van der Waals surface area contributed by atoms with Crippen LogP contribution in [0.3, 0.4) is 0 Å². The highest BCUT2D eigenvalue weighted by molar-refractivity contribution is 7.98. The maximum Gasteiger partial charge on any atom is 0.221 e. The Morgan fingerprint density at radius 2 is 2.08 bits per heavy atom. The fourth-order valence-corrected chi connectivity index (χ4v) is 2.13. The monoisotopic (exact) mass is 201 g/mol. The molecule has 1 N–H and O–H groups in total. The third-order valence-corrected chi connectivity index (χ3v) is 3.12. The Morgan fingerprint density at radius 1 is 1.38 bits per heavy atom. The molecule has 3 heteroatoms. The van der Waals surface area contributed by atoms with E-state index in [1.54, 1.807) is 11.8 Å². The maximum atomic E-state index is 11.3. The molecule has 0 heterocycles. The zero-order valence-electron chi connectivity index (χ0n) is 8.34. The Labute approximate surface area is 84.9 Å². The maximum absolute atomic E-state index is 11.3. The lowest BCUT2D eigenvalue weighted by Gasteiger charge is -2.22. The molecule has 1 rings (SSSR count). The van der Waals surface area contributed by atoms with Gasteiger partial charge in [0.05, 0.1) is 0 Å². The molecule has 1 saturated carbocycles. The van der Waals surface area contributed by atoms with E-state index in [4.69, 9.17) is 0 Å². The van der Waals surface area contributed by atoms with Gasteiger partial charge in [0.25, 0.3) is 0 Å². The van der Waals surface area contributed by atoms with Crippen LogP contribution in [0.15, 0.2) is 0 Å². The largest absolute Gasteiger partial charge is 0.353 e. The summed E-state index contributed by atoms with van der Waals surface area (Å²) in [4.78, 5) is 11.3. The minimum atomic E-state index is 0.237. The molecule has 0 aromatic heterocycles. The Hall–Kier alpha value is -0.180. The topological polar surface area (TPSA) is 29.1 Å². The fourth-order valence-electron chi connectivity index (χ4n) is 1.74. The first-order valence-electron chi connectivity index (χ1n) is 5.11. The number of hydrogen-bond donors (Lipinski definition) is 1. The number of hydrogen-bond acceptors (Lipinski definition) is 2. The van der Waals surface area contributed by atoms with Gasteiger partial charge in [-0.05, 0) is 19.1 Å². The van der Waals surface area contributed by atoms with Crippen molar-refractivity contribution in [2.24, 2.45) is 0 Å². The van der Waals surface area contributed by atoms with Crippen LogP contribution in [0.25, 0.3) is 0 Å². The predicted molar refractivity (Wildman–Crippen MR) is 58.0 cm³/mol. The van der Waals surface area contributed by atoms with E-state index in [0.717, 1.165) is 5.75 Å². The summed E-state index contributed by atoms with van der Waals surface area (Å²) in [6, 6.07) is 0.475. The van der Waals surface area contributed by atoms with E-state index < -0.39 is 0 Å². The molecule has 0 bridgehead atoms. The number of thioether (sulfide) groups is 1. The van der Waals surface area contributed by atoms with Crippen LogP contribution in [0.1, 0.15) is 38.5 Å². The second kappa shape index (κ2) is 6.30. The first-order valence-corrected chi connectivity index (χ1v) is 6.50. The molecule has 0 aromatic rings. The van der Waals surface area contributed by atoms with E-state index in [1.165, 1.54) is 32.1 Å². The van der Waals surface area contributed by atoms with Crippen LogP contribution in [0, 0.1) is 0 Å². The van der Waals surface area contributed by atoms with Crippen molar-refractivity contribution in [3.63, 3.8) is 0 Å². The fraction of sp³-hybridized carbons (Fsp3) is 0.900. The van der Waals surface area contributed by atoms with E-state index in [-0.39, 0.29) is 5.91 Å². The van der Waals surface area contributed by atoms with Crippen molar-refractivity contribution in [3.8, 4) is 0 Å². The minimum Gasteiger partial charge on any atom is -0.353 e. The summed E-state index contributed by atoms with van der Waals surface area (Å²) in [6.45, 7) is 0. The number of amides is 1. The SMILES string of the molecule is CSCCC(=O)NC1CCCCC1. The lowest BCUT2D eigenvalue weighted by atomic mass is 9.95. The Morgan fingerprint density at radius 3 is 2.69 bits per heavy atom. The molecule has 0 aliphatic heterocycles. The zero-order chi connectivity index (χ0) is 9.52. The first kappa shape index (κ1) is 10.9. The highest BCUT2D eigenvalue weighted by Crippen LogP contribution is 2.17. The van der Waals surface area contributed by atoms with Crippen molar-refractivity contribution in [2.45, 2.75) is 44.6 Å². The number of rotatable bonds is 4. The van der Waals surface area contributed by atoms with E-state index in [1.807, 2.05) is 6.26 Å². The van der Waals surface area contributed by atoms with Crippen LogP contribution < -0.4 is 5.32 Å². The Bertz CT molecular complexity index is 155. The van der Waals surface area contributed by atoms with Crippen LogP contribution >= 0.6 is 11.8 Å². The Kier molecular flexibility index (Phi) is 5.28. The summed E-state index contributed by atoms with van der Waals surface area (Å²) in [6.07, 6.45) is 9.00. The number of carbonyl (C=O) groups is 1. The standard InChI is InChI=1S/C10H19NOS/c1-13-8-7-10(12)11-9-5-3-2-4-6-9/h9H,2-8H2,1H3,(H,11,12). The molecule has 13 heavy (non-hydrogen) atoms. The molecular formula is C10H19NOS. The van der Waals surface area contributed by atoms with Crippen molar-refractivity contribution < 1.29 is 4.79 Å². The van der Waals surface area contributed by atoms with Gasteiger partial charge in [0.2, 0.25) is 5.91 Å². The molecule has 0 spiro atoms. The average molecular weight is 201 g/mol. The molecule has 0 aromatic carbocycles. The van der Waals surface area contributed by atoms with Crippen LogP contribution in [0.5, 0.6) is 0 Å². The molecule has 76 valence electrons. The van der Waals surface area contributed by atoms with Gasteiger partial charge in [-0.15, -0.1) is 0 Å². The third kappa shape index (κ3) is 4.55. The lowest BCUT2D eigenvalue weighted by Crippen LogP contribution is -2.36. The second-order valence-electron chi connectivity index (χ2n) is 3.65. The highest BCUT2D eigenvalue weighted by atomic mass is 32.2. The zero-order valence-corrected chi connectivity index (χ0v) is 9.16. The van der Waals surface area contributed by atoms with Crippen molar-refractivity contribution in [3.05, 3.63) is 0 Å². The molecular weight excluding hydrogens is 182 g/mol. The van der Waals surface area contributed by atoms with Gasteiger partial charge in [0.1, 0.15) is 0 Å². The van der Waals surface area contributed by atoms with E-state index in [2.05, 4.69) is 5.32 Å². The van der Waals surface area contributed by atoms with Crippen molar-refractivity contribution >= 4 is 17.7 Å². The van der Waals surface area contributed by atoms with Crippen LogP contribution in [-0.4, -0.2) is 24.0 Å². The Balaban J connectivity index is 2.11. The van der Waals surface area contributed by atoms with Crippen molar-refractivity contribution in [1.82, 2.24) is 5.32 Å².